The van der Waals surface area contributed by atoms with Crippen molar-refractivity contribution < 1.29 is 27.2 Å². The van der Waals surface area contributed by atoms with Crippen molar-refractivity contribution in [2.75, 3.05) is 18.1 Å². The molecule has 1 aromatic carbocycles. The van der Waals surface area contributed by atoms with E-state index >= 15 is 0 Å². The maximum absolute atomic E-state index is 12.7. The standard InChI is InChI=1S/C20H23NO7S/c1-3-13(2)21(14-8-9-29(25,26)12-14)19(23)11-27-20(24)18-10-16(22)15-6-4-5-7-17(15)28-18/h4-7,10,13-14H,3,8-9,11-12H2,1-2H3/t13-,14-/m0/s1. The van der Waals surface area contributed by atoms with Gasteiger partial charge in [-0.2, -0.15) is 0 Å². The van der Waals surface area contributed by atoms with Gasteiger partial charge >= 0.3 is 5.97 Å². The Labute approximate surface area is 168 Å². The second kappa shape index (κ2) is 8.36. The highest BCUT2D eigenvalue weighted by Gasteiger charge is 2.36. The molecule has 1 aromatic heterocycles. The summed E-state index contributed by atoms with van der Waals surface area (Å²) in [5.41, 5.74) is -0.141. The highest BCUT2D eigenvalue weighted by Crippen LogP contribution is 2.21. The number of amides is 1. The van der Waals surface area contributed by atoms with E-state index in [0.29, 0.717) is 18.2 Å². The molecule has 0 radical (unpaired) electrons. The lowest BCUT2D eigenvalue weighted by atomic mass is 10.1. The maximum atomic E-state index is 12.7. The molecule has 0 N–H and O–H groups in total. The molecule has 1 fully saturated rings. The minimum absolute atomic E-state index is 0.0416. The Morgan fingerprint density at radius 3 is 2.69 bits per heavy atom. The van der Waals surface area contributed by atoms with Gasteiger partial charge in [0.1, 0.15) is 5.58 Å². The van der Waals surface area contributed by atoms with Crippen molar-refractivity contribution in [3.63, 3.8) is 0 Å². The molecule has 1 saturated heterocycles. The van der Waals surface area contributed by atoms with Gasteiger partial charge in [-0.3, -0.25) is 9.59 Å². The average molecular weight is 421 g/mol. The van der Waals surface area contributed by atoms with Gasteiger partial charge < -0.3 is 14.1 Å². The summed E-state index contributed by atoms with van der Waals surface area (Å²) in [6.45, 7) is 3.16. The summed E-state index contributed by atoms with van der Waals surface area (Å²) < 4.78 is 34.1. The van der Waals surface area contributed by atoms with E-state index in [4.69, 9.17) is 9.15 Å². The van der Waals surface area contributed by atoms with Crippen LogP contribution in [0.1, 0.15) is 37.2 Å². The van der Waals surface area contributed by atoms with Crippen molar-refractivity contribution in [3.8, 4) is 0 Å². The van der Waals surface area contributed by atoms with Crippen LogP contribution in [0, 0.1) is 0 Å². The summed E-state index contributed by atoms with van der Waals surface area (Å²) in [6, 6.07) is 6.90. The zero-order valence-corrected chi connectivity index (χ0v) is 17.1. The van der Waals surface area contributed by atoms with Gasteiger partial charge in [0, 0.05) is 18.2 Å². The maximum Gasteiger partial charge on any atom is 0.374 e. The summed E-state index contributed by atoms with van der Waals surface area (Å²) in [4.78, 5) is 38.6. The van der Waals surface area contributed by atoms with Crippen LogP contribution in [0.25, 0.3) is 11.0 Å². The van der Waals surface area contributed by atoms with Crippen LogP contribution in [-0.4, -0.2) is 55.4 Å². The Kier molecular flexibility index (Phi) is 6.07. The van der Waals surface area contributed by atoms with Crippen molar-refractivity contribution in [2.45, 2.75) is 38.8 Å². The van der Waals surface area contributed by atoms with E-state index in [-0.39, 0.29) is 34.3 Å². The molecule has 0 aliphatic carbocycles. The van der Waals surface area contributed by atoms with E-state index in [1.807, 2.05) is 13.8 Å². The largest absolute Gasteiger partial charge is 0.450 e. The molecular weight excluding hydrogens is 398 g/mol. The lowest BCUT2D eigenvalue weighted by Crippen LogP contribution is -2.48. The number of ether oxygens (including phenoxy) is 1. The smallest absolute Gasteiger partial charge is 0.374 e. The first kappa shape index (κ1) is 21.0. The van der Waals surface area contributed by atoms with Crippen LogP contribution in [0.4, 0.5) is 0 Å². The average Bonchev–Trinajstić information content (AvgIpc) is 3.05. The number of sulfone groups is 1. The Morgan fingerprint density at radius 2 is 2.03 bits per heavy atom. The van der Waals surface area contributed by atoms with Crippen molar-refractivity contribution in [3.05, 3.63) is 46.3 Å². The van der Waals surface area contributed by atoms with Crippen LogP contribution in [0.15, 0.2) is 39.5 Å². The lowest BCUT2D eigenvalue weighted by molar-refractivity contribution is -0.138. The first-order chi connectivity index (χ1) is 13.7. The first-order valence-electron chi connectivity index (χ1n) is 9.43. The van der Waals surface area contributed by atoms with E-state index in [0.717, 1.165) is 6.07 Å². The molecule has 2 heterocycles. The fourth-order valence-corrected chi connectivity index (χ4v) is 5.19. The van der Waals surface area contributed by atoms with Crippen LogP contribution in [0.5, 0.6) is 0 Å². The number of hydrogen-bond donors (Lipinski definition) is 0. The Bertz CT molecular complexity index is 1090. The molecule has 2 aromatic rings. The van der Waals surface area contributed by atoms with Crippen molar-refractivity contribution >= 4 is 32.7 Å². The molecule has 0 saturated carbocycles. The van der Waals surface area contributed by atoms with E-state index in [2.05, 4.69) is 0 Å². The van der Waals surface area contributed by atoms with Crippen LogP contribution in [0.3, 0.4) is 0 Å². The summed E-state index contributed by atoms with van der Waals surface area (Å²) in [6.07, 6.45) is 1.00. The van der Waals surface area contributed by atoms with E-state index in [1.165, 1.54) is 4.90 Å². The Hall–Kier alpha value is -2.68. The Balaban J connectivity index is 1.72. The minimum atomic E-state index is -3.17. The summed E-state index contributed by atoms with van der Waals surface area (Å²) in [5, 5.41) is 0.338. The van der Waals surface area contributed by atoms with E-state index < -0.39 is 34.4 Å². The monoisotopic (exact) mass is 421 g/mol. The van der Waals surface area contributed by atoms with Gasteiger partial charge in [-0.05, 0) is 31.9 Å². The van der Waals surface area contributed by atoms with Crippen molar-refractivity contribution in [2.24, 2.45) is 0 Å². The molecule has 156 valence electrons. The quantitative estimate of drug-likeness (QED) is 0.654. The van der Waals surface area contributed by atoms with Gasteiger partial charge in [-0.15, -0.1) is 0 Å². The number of esters is 1. The number of nitrogens with zero attached hydrogens (tertiary/aromatic N) is 1. The summed E-state index contributed by atoms with van der Waals surface area (Å²) in [5.74, 6) is -1.74. The third-order valence-electron chi connectivity index (χ3n) is 5.12. The predicted octanol–water partition coefficient (Wildman–Crippen LogP) is 1.76. The molecule has 0 spiro atoms. The Morgan fingerprint density at radius 1 is 1.31 bits per heavy atom. The highest BCUT2D eigenvalue weighted by molar-refractivity contribution is 7.91. The van der Waals surface area contributed by atoms with Crippen LogP contribution < -0.4 is 5.43 Å². The predicted molar refractivity (Wildman–Crippen MR) is 106 cm³/mol. The molecule has 1 aliphatic heterocycles. The van der Waals surface area contributed by atoms with Gasteiger partial charge in [0.25, 0.3) is 5.91 Å². The third-order valence-corrected chi connectivity index (χ3v) is 6.87. The van der Waals surface area contributed by atoms with E-state index in [9.17, 15) is 22.8 Å². The molecule has 9 heteroatoms. The second-order valence-corrected chi connectivity index (χ2v) is 9.39. The molecule has 3 rings (SSSR count). The van der Waals surface area contributed by atoms with Crippen LogP contribution >= 0.6 is 0 Å². The van der Waals surface area contributed by atoms with E-state index in [1.54, 1.807) is 24.3 Å². The number of carbonyl (C=O) groups excluding carboxylic acids is 2. The second-order valence-electron chi connectivity index (χ2n) is 7.16. The molecule has 8 nitrogen and oxygen atoms in total. The number of hydrogen-bond acceptors (Lipinski definition) is 7. The SMILES string of the molecule is CC[C@H](C)N(C(=O)COC(=O)c1cc(=O)c2ccccc2o1)[C@H]1CCS(=O)(=O)C1. The van der Waals surface area contributed by atoms with Crippen molar-refractivity contribution in [1.29, 1.82) is 0 Å². The molecule has 0 unspecified atom stereocenters. The van der Waals surface area contributed by atoms with Gasteiger partial charge in [0.15, 0.2) is 21.9 Å². The summed E-state index contributed by atoms with van der Waals surface area (Å²) in [7, 11) is -3.17. The molecule has 1 aliphatic rings. The lowest BCUT2D eigenvalue weighted by Gasteiger charge is -2.33. The zero-order valence-electron chi connectivity index (χ0n) is 16.3. The highest BCUT2D eigenvalue weighted by atomic mass is 32.2. The van der Waals surface area contributed by atoms with Crippen LogP contribution in [-0.2, 0) is 19.4 Å². The number of para-hydroxylation sites is 1. The van der Waals surface area contributed by atoms with Gasteiger partial charge in [-0.1, -0.05) is 19.1 Å². The molecule has 1 amide bonds. The topological polar surface area (TPSA) is 111 Å². The van der Waals surface area contributed by atoms with Crippen molar-refractivity contribution in [1.82, 2.24) is 4.90 Å². The third kappa shape index (κ3) is 4.67. The number of benzene rings is 1. The minimum Gasteiger partial charge on any atom is -0.450 e. The number of fused-ring (bicyclic) bond motifs is 1. The molecular formula is C20H23NO7S. The first-order valence-corrected chi connectivity index (χ1v) is 11.3. The van der Waals surface area contributed by atoms with Gasteiger partial charge in [-0.25, -0.2) is 13.2 Å². The summed E-state index contributed by atoms with van der Waals surface area (Å²) >= 11 is 0. The zero-order chi connectivity index (χ0) is 21.2. The number of carbonyl (C=O) groups is 2. The van der Waals surface area contributed by atoms with Gasteiger partial charge in [0.05, 0.1) is 16.9 Å². The molecule has 0 bridgehead atoms. The van der Waals surface area contributed by atoms with Crippen LogP contribution in [0.2, 0.25) is 0 Å². The number of rotatable bonds is 6. The normalized spacial score (nSPS) is 19.0. The molecule has 29 heavy (non-hydrogen) atoms. The fraction of sp³-hybridized carbons (Fsp3) is 0.450. The van der Waals surface area contributed by atoms with Gasteiger partial charge in [0.2, 0.25) is 5.76 Å². The molecule has 2 atom stereocenters. The fourth-order valence-electron chi connectivity index (χ4n) is 3.48.